The number of fused-ring (bicyclic) bond motifs is 1. The highest BCUT2D eigenvalue weighted by molar-refractivity contribution is 5.80. The van der Waals surface area contributed by atoms with E-state index in [4.69, 9.17) is 4.74 Å². The first-order chi connectivity index (χ1) is 12.7. The molecule has 2 aliphatic carbocycles. The van der Waals surface area contributed by atoms with Gasteiger partial charge in [-0.15, -0.1) is 0 Å². The predicted molar refractivity (Wildman–Crippen MR) is 112 cm³/mol. The average Bonchev–Trinajstić information content (AvgIpc) is 3.30. The third-order valence-electron chi connectivity index (χ3n) is 7.68. The van der Waals surface area contributed by atoms with Crippen molar-refractivity contribution < 1.29 is 14.6 Å². The zero-order chi connectivity index (χ0) is 20.1. The van der Waals surface area contributed by atoms with Gasteiger partial charge in [-0.25, -0.2) is 0 Å². The molecule has 2 saturated carbocycles. The number of hydrogen-bond donors (Lipinski definition) is 1. The lowest BCUT2D eigenvalue weighted by Gasteiger charge is -2.42. The van der Waals surface area contributed by atoms with E-state index in [1.54, 1.807) is 0 Å². The van der Waals surface area contributed by atoms with Crippen molar-refractivity contribution in [3.63, 3.8) is 0 Å². The minimum absolute atomic E-state index is 0.111. The first-order valence-electron chi connectivity index (χ1n) is 11.7. The minimum Gasteiger partial charge on any atom is -0.481 e. The van der Waals surface area contributed by atoms with Crippen molar-refractivity contribution in [2.24, 2.45) is 17.3 Å². The van der Waals surface area contributed by atoms with E-state index in [0.717, 1.165) is 25.7 Å². The highest BCUT2D eigenvalue weighted by Crippen LogP contribution is 2.71. The van der Waals surface area contributed by atoms with Crippen LogP contribution in [0.1, 0.15) is 118 Å². The summed E-state index contributed by atoms with van der Waals surface area (Å²) in [4.78, 5) is 11.8. The summed E-state index contributed by atoms with van der Waals surface area (Å²) in [5, 5.41) is 9.73. The summed E-state index contributed by atoms with van der Waals surface area (Å²) < 4.78 is 6.95. The Bertz CT molecular complexity index is 490. The van der Waals surface area contributed by atoms with Gasteiger partial charge in [-0.2, -0.15) is 0 Å². The van der Waals surface area contributed by atoms with Gasteiger partial charge in [0.25, 0.3) is 0 Å². The highest BCUT2D eigenvalue weighted by atomic mass is 16.5. The van der Waals surface area contributed by atoms with Gasteiger partial charge in [-0.3, -0.25) is 4.79 Å². The van der Waals surface area contributed by atoms with Crippen LogP contribution in [0.25, 0.3) is 0 Å². The molecule has 2 fully saturated rings. The number of carboxylic acid groups (broad SMARTS) is 1. The standard InChI is InChI=1S/C24H44O3/c1-6-8-10-12-14-16-22(4,15-13-11-9-7-2)27-23(5)19(3)17-24(21(25)26)18-20(23)24/h19-20H,6-18H2,1-5H3,(H,25,26). The molecular weight excluding hydrogens is 336 g/mol. The summed E-state index contributed by atoms with van der Waals surface area (Å²) >= 11 is 0. The zero-order valence-corrected chi connectivity index (χ0v) is 18.6. The minimum atomic E-state index is -0.601. The molecular formula is C24H44O3. The molecule has 0 amide bonds. The van der Waals surface area contributed by atoms with Crippen molar-refractivity contribution in [2.75, 3.05) is 0 Å². The van der Waals surface area contributed by atoms with Crippen LogP contribution in [0, 0.1) is 17.3 Å². The van der Waals surface area contributed by atoms with Gasteiger partial charge in [-0.1, -0.05) is 78.6 Å². The Morgan fingerprint density at radius 1 is 1.00 bits per heavy atom. The second kappa shape index (κ2) is 9.29. The molecule has 0 saturated heterocycles. The van der Waals surface area contributed by atoms with E-state index in [9.17, 15) is 9.90 Å². The van der Waals surface area contributed by atoms with Gasteiger partial charge in [0.15, 0.2) is 0 Å². The Hall–Kier alpha value is -0.570. The van der Waals surface area contributed by atoms with Crippen LogP contribution < -0.4 is 0 Å². The molecule has 0 bridgehead atoms. The van der Waals surface area contributed by atoms with E-state index in [1.807, 2.05) is 0 Å². The molecule has 0 spiro atoms. The average molecular weight is 381 g/mol. The summed E-state index contributed by atoms with van der Waals surface area (Å²) in [6.07, 6.45) is 15.3. The van der Waals surface area contributed by atoms with Crippen LogP contribution >= 0.6 is 0 Å². The van der Waals surface area contributed by atoms with Crippen molar-refractivity contribution in [1.82, 2.24) is 0 Å². The van der Waals surface area contributed by atoms with Crippen LogP contribution in [0.4, 0.5) is 0 Å². The molecule has 158 valence electrons. The molecule has 5 atom stereocenters. The second-order valence-electron chi connectivity index (χ2n) is 10.0. The summed E-state index contributed by atoms with van der Waals surface area (Å²) in [5.74, 6) is -0.0779. The molecule has 3 nitrogen and oxygen atoms in total. The van der Waals surface area contributed by atoms with Crippen LogP contribution in [-0.4, -0.2) is 22.3 Å². The van der Waals surface area contributed by atoms with Gasteiger partial charge in [0.05, 0.1) is 16.6 Å². The third-order valence-corrected chi connectivity index (χ3v) is 7.68. The second-order valence-corrected chi connectivity index (χ2v) is 10.0. The van der Waals surface area contributed by atoms with E-state index in [0.29, 0.717) is 5.92 Å². The number of ether oxygens (including phenoxy) is 1. The summed E-state index contributed by atoms with van der Waals surface area (Å²) in [6.45, 7) is 11.2. The number of unbranched alkanes of at least 4 members (excludes halogenated alkanes) is 7. The summed E-state index contributed by atoms with van der Waals surface area (Å²) in [6, 6.07) is 0. The van der Waals surface area contributed by atoms with Crippen molar-refractivity contribution in [3.8, 4) is 0 Å². The Labute approximate surface area is 167 Å². The highest BCUT2D eigenvalue weighted by Gasteiger charge is 2.74. The van der Waals surface area contributed by atoms with E-state index >= 15 is 0 Å². The zero-order valence-electron chi connectivity index (χ0n) is 18.6. The van der Waals surface area contributed by atoms with Crippen molar-refractivity contribution >= 4 is 5.97 Å². The topological polar surface area (TPSA) is 46.5 Å². The molecule has 0 aliphatic heterocycles. The van der Waals surface area contributed by atoms with Crippen molar-refractivity contribution in [1.29, 1.82) is 0 Å². The van der Waals surface area contributed by atoms with Crippen molar-refractivity contribution in [3.05, 3.63) is 0 Å². The normalized spacial score (nSPS) is 34.3. The van der Waals surface area contributed by atoms with Gasteiger partial charge >= 0.3 is 5.97 Å². The van der Waals surface area contributed by atoms with Crippen molar-refractivity contribution in [2.45, 2.75) is 129 Å². The van der Waals surface area contributed by atoms with Gasteiger partial charge in [0.2, 0.25) is 0 Å². The monoisotopic (exact) mass is 380 g/mol. The maximum absolute atomic E-state index is 11.8. The molecule has 0 aromatic carbocycles. The van der Waals surface area contributed by atoms with E-state index < -0.39 is 11.4 Å². The quantitative estimate of drug-likeness (QED) is 0.331. The Balaban J connectivity index is 2.00. The lowest BCUT2D eigenvalue weighted by Crippen LogP contribution is -2.45. The molecule has 2 aliphatic rings. The number of hydrogen-bond acceptors (Lipinski definition) is 2. The molecule has 0 aromatic rings. The first-order valence-corrected chi connectivity index (χ1v) is 11.7. The smallest absolute Gasteiger partial charge is 0.310 e. The molecule has 27 heavy (non-hydrogen) atoms. The maximum atomic E-state index is 11.8. The molecule has 1 N–H and O–H groups in total. The number of carboxylic acids is 1. The predicted octanol–water partition coefficient (Wildman–Crippen LogP) is 6.98. The van der Waals surface area contributed by atoms with Crippen LogP contribution in [0.3, 0.4) is 0 Å². The fraction of sp³-hybridized carbons (Fsp3) is 0.958. The SMILES string of the molecule is CCCCCCCC(C)(CCCCCC)OC1(C)C(C)CC2(C(=O)O)CC21. The maximum Gasteiger partial charge on any atom is 0.310 e. The van der Waals surface area contributed by atoms with Gasteiger partial charge in [-0.05, 0) is 45.4 Å². The lowest BCUT2D eigenvalue weighted by molar-refractivity contribution is -0.174. The van der Waals surface area contributed by atoms with Gasteiger partial charge < -0.3 is 9.84 Å². The van der Waals surface area contributed by atoms with E-state index in [-0.39, 0.29) is 17.1 Å². The van der Waals surface area contributed by atoms with Crippen LogP contribution in [0.15, 0.2) is 0 Å². The van der Waals surface area contributed by atoms with Gasteiger partial charge in [0, 0.05) is 5.92 Å². The Morgan fingerprint density at radius 2 is 1.52 bits per heavy atom. The Morgan fingerprint density at radius 3 is 2.00 bits per heavy atom. The first kappa shape index (κ1) is 22.7. The number of rotatable bonds is 14. The summed E-state index contributed by atoms with van der Waals surface area (Å²) in [5.41, 5.74) is -0.875. The molecule has 0 radical (unpaired) electrons. The van der Waals surface area contributed by atoms with Crippen LogP contribution in [-0.2, 0) is 9.53 Å². The summed E-state index contributed by atoms with van der Waals surface area (Å²) in [7, 11) is 0. The third kappa shape index (κ3) is 5.08. The van der Waals surface area contributed by atoms with Crippen LogP contribution in [0.2, 0.25) is 0 Å². The number of carbonyl (C=O) groups is 1. The molecule has 3 heteroatoms. The molecule has 0 heterocycles. The molecule has 0 aromatic heterocycles. The fourth-order valence-electron chi connectivity index (χ4n) is 5.66. The van der Waals surface area contributed by atoms with E-state index in [2.05, 4.69) is 34.6 Å². The van der Waals surface area contributed by atoms with Gasteiger partial charge in [0.1, 0.15) is 0 Å². The fourth-order valence-corrected chi connectivity index (χ4v) is 5.66. The van der Waals surface area contributed by atoms with Crippen LogP contribution in [0.5, 0.6) is 0 Å². The molecule has 2 rings (SSSR count). The number of aliphatic carboxylic acids is 1. The lowest BCUT2D eigenvalue weighted by atomic mass is 9.85. The molecule has 5 unspecified atom stereocenters. The Kier molecular flexibility index (Phi) is 7.81. The van der Waals surface area contributed by atoms with E-state index in [1.165, 1.54) is 57.8 Å². The largest absolute Gasteiger partial charge is 0.481 e.